The van der Waals surface area contributed by atoms with E-state index in [4.69, 9.17) is 0 Å². The van der Waals surface area contributed by atoms with Gasteiger partial charge in [-0.1, -0.05) is 30.3 Å². The first kappa shape index (κ1) is 20.1. The van der Waals surface area contributed by atoms with Crippen molar-refractivity contribution in [3.63, 3.8) is 0 Å². The number of imidazole rings is 1. The fourth-order valence-corrected chi connectivity index (χ4v) is 4.55. The van der Waals surface area contributed by atoms with Gasteiger partial charge in [-0.05, 0) is 60.4 Å². The van der Waals surface area contributed by atoms with E-state index in [0.29, 0.717) is 11.3 Å². The summed E-state index contributed by atoms with van der Waals surface area (Å²) in [4.78, 5) is 27.3. The summed E-state index contributed by atoms with van der Waals surface area (Å²) in [5.41, 5.74) is 6.70. The van der Waals surface area contributed by atoms with Gasteiger partial charge in [-0.15, -0.1) is 0 Å². The van der Waals surface area contributed by atoms with Gasteiger partial charge in [0, 0.05) is 44.1 Å². The third-order valence-corrected chi connectivity index (χ3v) is 6.33. The Kier molecular flexibility index (Phi) is 5.05. The highest BCUT2D eigenvalue weighted by Crippen LogP contribution is 2.28. The van der Waals surface area contributed by atoms with E-state index in [0.717, 1.165) is 37.0 Å². The van der Waals surface area contributed by atoms with Gasteiger partial charge < -0.3 is 10.2 Å². The zero-order chi connectivity index (χ0) is 22.2. The Labute approximate surface area is 186 Å². The number of carbonyl (C=O) groups is 1. The summed E-state index contributed by atoms with van der Waals surface area (Å²) in [6, 6.07) is 21.9. The van der Waals surface area contributed by atoms with Crippen LogP contribution in [0.15, 0.2) is 71.5 Å². The summed E-state index contributed by atoms with van der Waals surface area (Å²) < 4.78 is 3.18. The zero-order valence-electron chi connectivity index (χ0n) is 18.3. The minimum atomic E-state index is -0.167. The molecule has 4 aromatic rings. The van der Waals surface area contributed by atoms with Gasteiger partial charge in [0.05, 0.1) is 11.0 Å². The van der Waals surface area contributed by atoms with Gasteiger partial charge in [-0.3, -0.25) is 13.9 Å². The van der Waals surface area contributed by atoms with Crippen LogP contribution in [-0.2, 0) is 27.1 Å². The fourth-order valence-electron chi connectivity index (χ4n) is 4.55. The Bertz CT molecular complexity index is 1370. The summed E-state index contributed by atoms with van der Waals surface area (Å²) in [5.74, 6) is -0.167. The largest absolute Gasteiger partial charge is 0.367 e. The SMILES string of the molecule is Cn1c(=O)n(C)c2cc(NC(=O)c3ccc(CN4CCCc5ccccc54)cc3)ccc21. The maximum Gasteiger partial charge on any atom is 0.328 e. The molecule has 6 heteroatoms. The highest BCUT2D eigenvalue weighted by molar-refractivity contribution is 6.05. The van der Waals surface area contributed by atoms with E-state index >= 15 is 0 Å². The highest BCUT2D eigenvalue weighted by Gasteiger charge is 2.16. The Morgan fingerprint density at radius 2 is 1.69 bits per heavy atom. The molecule has 0 radical (unpaired) electrons. The molecule has 0 aliphatic carbocycles. The topological polar surface area (TPSA) is 59.3 Å². The van der Waals surface area contributed by atoms with Crippen LogP contribution >= 0.6 is 0 Å². The van der Waals surface area contributed by atoms with E-state index < -0.39 is 0 Å². The third-order valence-electron chi connectivity index (χ3n) is 6.33. The van der Waals surface area contributed by atoms with E-state index in [1.165, 1.54) is 16.8 Å². The molecule has 0 saturated carbocycles. The Hall–Kier alpha value is -3.80. The number of nitrogens with one attached hydrogen (secondary N) is 1. The first-order valence-electron chi connectivity index (χ1n) is 10.9. The zero-order valence-corrected chi connectivity index (χ0v) is 18.3. The van der Waals surface area contributed by atoms with Crippen molar-refractivity contribution < 1.29 is 4.79 Å². The number of benzene rings is 3. The van der Waals surface area contributed by atoms with Gasteiger partial charge >= 0.3 is 5.69 Å². The van der Waals surface area contributed by atoms with Crippen LogP contribution in [0, 0.1) is 0 Å². The lowest BCUT2D eigenvalue weighted by Crippen LogP contribution is -2.28. The smallest absolute Gasteiger partial charge is 0.328 e. The van der Waals surface area contributed by atoms with Crippen molar-refractivity contribution in [2.75, 3.05) is 16.8 Å². The maximum atomic E-state index is 12.8. The molecule has 5 rings (SSSR count). The number of nitrogens with zero attached hydrogens (tertiary/aromatic N) is 3. The van der Waals surface area contributed by atoms with E-state index in [2.05, 4.69) is 34.5 Å². The molecule has 0 saturated heterocycles. The lowest BCUT2D eigenvalue weighted by atomic mass is 10.0. The number of aromatic nitrogens is 2. The lowest BCUT2D eigenvalue weighted by molar-refractivity contribution is 0.102. The molecular weight excluding hydrogens is 400 g/mol. The molecule has 0 spiro atoms. The number of amides is 1. The second-order valence-corrected chi connectivity index (χ2v) is 8.41. The van der Waals surface area contributed by atoms with Crippen LogP contribution in [-0.4, -0.2) is 21.6 Å². The van der Waals surface area contributed by atoms with Gasteiger partial charge in [0.15, 0.2) is 0 Å². The van der Waals surface area contributed by atoms with E-state index in [1.807, 2.05) is 42.5 Å². The Balaban J connectivity index is 1.30. The predicted molar refractivity (Wildman–Crippen MR) is 128 cm³/mol. The number of aryl methyl sites for hydroxylation is 3. The van der Waals surface area contributed by atoms with Crippen LogP contribution in [0.25, 0.3) is 11.0 Å². The number of carbonyl (C=O) groups excluding carboxylic acids is 1. The van der Waals surface area contributed by atoms with Gasteiger partial charge in [-0.2, -0.15) is 0 Å². The molecule has 3 aromatic carbocycles. The van der Waals surface area contributed by atoms with Crippen molar-refractivity contribution in [1.29, 1.82) is 0 Å². The molecule has 0 atom stereocenters. The monoisotopic (exact) mass is 426 g/mol. The van der Waals surface area contributed by atoms with Gasteiger partial charge in [0.25, 0.3) is 5.91 Å². The quantitative estimate of drug-likeness (QED) is 0.535. The summed E-state index contributed by atoms with van der Waals surface area (Å²) in [6.07, 6.45) is 2.30. The molecular formula is C26H26N4O2. The molecule has 0 fully saturated rings. The number of hydrogen-bond donors (Lipinski definition) is 1. The van der Waals surface area contributed by atoms with Crippen molar-refractivity contribution in [2.24, 2.45) is 14.1 Å². The molecule has 1 aliphatic rings. The van der Waals surface area contributed by atoms with Gasteiger partial charge in [-0.25, -0.2) is 4.79 Å². The summed E-state index contributed by atoms with van der Waals surface area (Å²) in [6.45, 7) is 1.88. The first-order valence-corrected chi connectivity index (χ1v) is 10.9. The van der Waals surface area contributed by atoms with Crippen LogP contribution in [0.5, 0.6) is 0 Å². The molecule has 0 unspecified atom stereocenters. The van der Waals surface area contributed by atoms with Crippen LogP contribution in [0.3, 0.4) is 0 Å². The average molecular weight is 427 g/mol. The van der Waals surface area contributed by atoms with E-state index in [1.54, 1.807) is 23.2 Å². The van der Waals surface area contributed by atoms with Crippen molar-refractivity contribution in [3.8, 4) is 0 Å². The number of rotatable bonds is 4. The van der Waals surface area contributed by atoms with Crippen LogP contribution in [0.4, 0.5) is 11.4 Å². The van der Waals surface area contributed by atoms with Gasteiger partial charge in [0.1, 0.15) is 0 Å². The number of hydrogen-bond acceptors (Lipinski definition) is 3. The number of fused-ring (bicyclic) bond motifs is 2. The van der Waals surface area contributed by atoms with E-state index in [-0.39, 0.29) is 11.6 Å². The van der Waals surface area contributed by atoms with E-state index in [9.17, 15) is 9.59 Å². The number of para-hydroxylation sites is 1. The van der Waals surface area contributed by atoms with Crippen LogP contribution < -0.4 is 15.9 Å². The third kappa shape index (κ3) is 3.58. The molecule has 0 bridgehead atoms. The highest BCUT2D eigenvalue weighted by atomic mass is 16.2. The van der Waals surface area contributed by atoms with Gasteiger partial charge in [0.2, 0.25) is 0 Å². The molecule has 1 aliphatic heterocycles. The molecule has 1 N–H and O–H groups in total. The molecule has 6 nitrogen and oxygen atoms in total. The second kappa shape index (κ2) is 8.04. The van der Waals surface area contributed by atoms with Crippen LogP contribution in [0.1, 0.15) is 27.9 Å². The lowest BCUT2D eigenvalue weighted by Gasteiger charge is -2.31. The minimum absolute atomic E-state index is 0.0876. The van der Waals surface area contributed by atoms with Crippen molar-refractivity contribution in [2.45, 2.75) is 19.4 Å². The molecule has 1 aromatic heterocycles. The predicted octanol–water partition coefficient (Wildman–Crippen LogP) is 4.08. The molecule has 2 heterocycles. The van der Waals surface area contributed by atoms with Crippen LogP contribution in [0.2, 0.25) is 0 Å². The van der Waals surface area contributed by atoms with Crippen molar-refractivity contribution >= 4 is 28.3 Å². The standard InChI is InChI=1S/C26H26N4O2/c1-28-23-14-13-21(16-24(23)29(2)26(28)32)27-25(31)20-11-9-18(10-12-20)17-30-15-5-7-19-6-3-4-8-22(19)30/h3-4,6,8-14,16H,5,7,15,17H2,1-2H3,(H,27,31). The van der Waals surface area contributed by atoms with Crippen molar-refractivity contribution in [3.05, 3.63) is 93.9 Å². The summed E-state index contributed by atoms with van der Waals surface area (Å²) in [5, 5.41) is 2.95. The minimum Gasteiger partial charge on any atom is -0.367 e. The Morgan fingerprint density at radius 3 is 2.50 bits per heavy atom. The normalized spacial score (nSPS) is 13.2. The maximum absolute atomic E-state index is 12.8. The fraction of sp³-hybridized carbons (Fsp3) is 0.231. The summed E-state index contributed by atoms with van der Waals surface area (Å²) in [7, 11) is 3.47. The average Bonchev–Trinajstić information content (AvgIpc) is 3.03. The summed E-state index contributed by atoms with van der Waals surface area (Å²) >= 11 is 0. The Morgan fingerprint density at radius 1 is 0.938 bits per heavy atom. The molecule has 1 amide bonds. The van der Waals surface area contributed by atoms with Crippen molar-refractivity contribution in [1.82, 2.24) is 9.13 Å². The molecule has 32 heavy (non-hydrogen) atoms. The number of anilines is 2. The second-order valence-electron chi connectivity index (χ2n) is 8.41. The first-order chi connectivity index (χ1) is 15.5. The molecule has 162 valence electrons.